The van der Waals surface area contributed by atoms with Gasteiger partial charge in [0.2, 0.25) is 0 Å². The molecule has 2 unspecified atom stereocenters. The minimum absolute atomic E-state index is 0.0508. The molecule has 3 aromatic rings. The van der Waals surface area contributed by atoms with Crippen LogP contribution in [0.15, 0.2) is 78.4 Å². The zero-order chi connectivity index (χ0) is 24.0. The van der Waals surface area contributed by atoms with Gasteiger partial charge in [-0.2, -0.15) is 0 Å². The third-order valence-corrected chi connectivity index (χ3v) is 7.17. The standard InChI is InChI=1S/C32H32O2/c1-20(2)16-22(4)25-18-30-29-12-10-24-17-26(34-31(33)23-8-6-21(3)7-9-23)11-13-27(24)28(29)14-15-32(30,5)19-25/h6-15,17-20,22H,16H2,1-5H3. The number of ether oxygens (including phenoxy) is 1. The van der Waals surface area contributed by atoms with Gasteiger partial charge < -0.3 is 4.74 Å². The van der Waals surface area contributed by atoms with Crippen molar-refractivity contribution < 1.29 is 9.53 Å². The van der Waals surface area contributed by atoms with E-state index in [1.54, 1.807) is 12.1 Å². The lowest BCUT2D eigenvalue weighted by Crippen LogP contribution is -2.14. The maximum Gasteiger partial charge on any atom is 0.343 e. The molecular weight excluding hydrogens is 416 g/mol. The molecule has 0 amide bonds. The second-order valence-electron chi connectivity index (χ2n) is 10.5. The number of fused-ring (bicyclic) bond motifs is 5. The normalized spacial score (nSPS) is 19.5. The van der Waals surface area contributed by atoms with E-state index in [1.807, 2.05) is 31.2 Å². The fraction of sp³-hybridized carbons (Fsp3) is 0.281. The van der Waals surface area contributed by atoms with Crippen molar-refractivity contribution in [2.75, 3.05) is 0 Å². The molecule has 0 N–H and O–H groups in total. The number of esters is 1. The van der Waals surface area contributed by atoms with Crippen molar-refractivity contribution in [3.8, 4) is 5.75 Å². The number of benzene rings is 3. The molecule has 0 fully saturated rings. The van der Waals surface area contributed by atoms with Crippen LogP contribution in [0, 0.1) is 24.2 Å². The highest BCUT2D eigenvalue weighted by Crippen LogP contribution is 2.51. The van der Waals surface area contributed by atoms with Crippen LogP contribution in [-0.2, 0) is 0 Å². The van der Waals surface area contributed by atoms with Gasteiger partial charge in [0.05, 0.1) is 5.56 Å². The summed E-state index contributed by atoms with van der Waals surface area (Å²) in [7, 11) is 0. The number of carbonyl (C=O) groups is 1. The molecule has 0 aromatic heterocycles. The SMILES string of the molecule is Cc1ccc(C(=O)Oc2ccc3c4c(ccc3c2)C2=CC(C(C)CC(C)C)=CC2(C)C=C4)cc1. The van der Waals surface area contributed by atoms with Gasteiger partial charge in [-0.05, 0) is 89.4 Å². The monoisotopic (exact) mass is 448 g/mol. The minimum Gasteiger partial charge on any atom is -0.423 e. The molecule has 0 aliphatic heterocycles. The van der Waals surface area contributed by atoms with Crippen LogP contribution in [-0.4, -0.2) is 5.97 Å². The molecule has 2 nitrogen and oxygen atoms in total. The van der Waals surface area contributed by atoms with Crippen molar-refractivity contribution in [3.05, 3.63) is 101 Å². The Bertz CT molecular complexity index is 1370. The first-order valence-corrected chi connectivity index (χ1v) is 12.2. The topological polar surface area (TPSA) is 26.3 Å². The summed E-state index contributed by atoms with van der Waals surface area (Å²) in [5.74, 6) is 1.47. The fourth-order valence-electron chi connectivity index (χ4n) is 5.34. The number of allylic oxidation sites excluding steroid dienone is 5. The Morgan fingerprint density at radius 1 is 1.00 bits per heavy atom. The van der Waals surface area contributed by atoms with Gasteiger partial charge in [0, 0.05) is 5.41 Å². The van der Waals surface area contributed by atoms with Crippen molar-refractivity contribution in [1.82, 2.24) is 0 Å². The second-order valence-corrected chi connectivity index (χ2v) is 10.5. The van der Waals surface area contributed by atoms with E-state index in [4.69, 9.17) is 4.74 Å². The maximum absolute atomic E-state index is 12.6. The number of hydrogen-bond acceptors (Lipinski definition) is 2. The van der Waals surface area contributed by atoms with Crippen LogP contribution in [0.4, 0.5) is 0 Å². The predicted molar refractivity (Wildman–Crippen MR) is 142 cm³/mol. The summed E-state index contributed by atoms with van der Waals surface area (Å²) in [4.78, 5) is 12.6. The summed E-state index contributed by atoms with van der Waals surface area (Å²) in [6, 6.07) is 17.7. The van der Waals surface area contributed by atoms with Gasteiger partial charge in [-0.15, -0.1) is 0 Å². The Morgan fingerprint density at radius 2 is 1.76 bits per heavy atom. The molecule has 3 aromatic carbocycles. The Kier molecular flexibility index (Phi) is 5.56. The number of carbonyl (C=O) groups excluding carboxylic acids is 1. The summed E-state index contributed by atoms with van der Waals surface area (Å²) in [5.41, 5.74) is 6.99. The third-order valence-electron chi connectivity index (χ3n) is 7.17. The molecule has 0 saturated heterocycles. The molecule has 2 aliphatic carbocycles. The average molecular weight is 449 g/mol. The summed E-state index contributed by atoms with van der Waals surface area (Å²) < 4.78 is 5.67. The Labute approximate surface area is 202 Å². The highest BCUT2D eigenvalue weighted by molar-refractivity contribution is 6.01. The molecule has 5 rings (SSSR count). The van der Waals surface area contributed by atoms with Crippen LogP contribution >= 0.6 is 0 Å². The van der Waals surface area contributed by atoms with E-state index < -0.39 is 0 Å². The lowest BCUT2D eigenvalue weighted by molar-refractivity contribution is 0.0735. The molecule has 0 bridgehead atoms. The molecule has 34 heavy (non-hydrogen) atoms. The Balaban J connectivity index is 1.46. The van der Waals surface area contributed by atoms with Gasteiger partial charge in [0.25, 0.3) is 0 Å². The number of rotatable bonds is 5. The zero-order valence-electron chi connectivity index (χ0n) is 20.7. The van der Waals surface area contributed by atoms with Crippen LogP contribution in [0.2, 0.25) is 0 Å². The Hall–Kier alpha value is -3.39. The van der Waals surface area contributed by atoms with Crippen LogP contribution < -0.4 is 4.74 Å². The third kappa shape index (κ3) is 4.03. The van der Waals surface area contributed by atoms with E-state index in [9.17, 15) is 4.79 Å². The van der Waals surface area contributed by atoms with Gasteiger partial charge in [0.1, 0.15) is 5.75 Å². The number of aryl methyl sites for hydroxylation is 1. The highest BCUT2D eigenvalue weighted by atomic mass is 16.5. The van der Waals surface area contributed by atoms with Gasteiger partial charge >= 0.3 is 5.97 Å². The molecular formula is C32H32O2. The number of hydrogen-bond donors (Lipinski definition) is 0. The average Bonchev–Trinajstić information content (AvgIpc) is 3.17. The summed E-state index contributed by atoms with van der Waals surface area (Å²) >= 11 is 0. The van der Waals surface area contributed by atoms with Crippen LogP contribution in [0.5, 0.6) is 5.75 Å². The van der Waals surface area contributed by atoms with E-state index in [-0.39, 0.29) is 11.4 Å². The summed E-state index contributed by atoms with van der Waals surface area (Å²) in [5, 5.41) is 2.25. The van der Waals surface area contributed by atoms with Gasteiger partial charge in [-0.3, -0.25) is 0 Å². The van der Waals surface area contributed by atoms with Gasteiger partial charge in [-0.25, -0.2) is 4.79 Å². The molecule has 2 aliphatic rings. The van der Waals surface area contributed by atoms with E-state index in [0.29, 0.717) is 23.1 Å². The molecule has 0 saturated carbocycles. The maximum atomic E-state index is 12.6. The zero-order valence-corrected chi connectivity index (χ0v) is 20.7. The molecule has 0 radical (unpaired) electrons. The first-order valence-electron chi connectivity index (χ1n) is 12.2. The fourth-order valence-corrected chi connectivity index (χ4v) is 5.34. The predicted octanol–water partition coefficient (Wildman–Crippen LogP) is 8.41. The molecule has 2 heteroatoms. The first-order chi connectivity index (χ1) is 16.2. The summed E-state index contributed by atoms with van der Waals surface area (Å²) in [6.45, 7) is 11.2. The van der Waals surface area contributed by atoms with Gasteiger partial charge in [0.15, 0.2) is 0 Å². The van der Waals surface area contributed by atoms with Crippen LogP contribution in [0.1, 0.15) is 61.2 Å². The lowest BCUT2D eigenvalue weighted by atomic mass is 9.74. The highest BCUT2D eigenvalue weighted by Gasteiger charge is 2.35. The first kappa shape index (κ1) is 22.4. The molecule has 172 valence electrons. The van der Waals surface area contributed by atoms with Crippen molar-refractivity contribution in [2.45, 2.75) is 41.0 Å². The van der Waals surface area contributed by atoms with E-state index in [2.05, 4.69) is 70.2 Å². The van der Waals surface area contributed by atoms with Crippen molar-refractivity contribution in [3.63, 3.8) is 0 Å². The van der Waals surface area contributed by atoms with Crippen LogP contribution in [0.3, 0.4) is 0 Å². The molecule has 0 spiro atoms. The van der Waals surface area contributed by atoms with Gasteiger partial charge in [-0.1, -0.05) is 81.0 Å². The minimum atomic E-state index is -0.335. The molecule has 2 atom stereocenters. The largest absolute Gasteiger partial charge is 0.423 e. The second kappa shape index (κ2) is 8.43. The molecule has 0 heterocycles. The van der Waals surface area contributed by atoms with Crippen LogP contribution in [0.25, 0.3) is 22.4 Å². The van der Waals surface area contributed by atoms with E-state index in [0.717, 1.165) is 10.9 Å². The summed E-state index contributed by atoms with van der Waals surface area (Å²) in [6.07, 6.45) is 10.7. The van der Waals surface area contributed by atoms with Crippen molar-refractivity contribution in [2.24, 2.45) is 17.3 Å². The lowest BCUT2D eigenvalue weighted by Gasteiger charge is -2.29. The Morgan fingerprint density at radius 3 is 2.50 bits per heavy atom. The van der Waals surface area contributed by atoms with E-state index in [1.165, 1.54) is 34.1 Å². The van der Waals surface area contributed by atoms with Crippen molar-refractivity contribution in [1.29, 1.82) is 0 Å². The quantitative estimate of drug-likeness (QED) is 0.289. The van der Waals surface area contributed by atoms with E-state index >= 15 is 0 Å². The smallest absolute Gasteiger partial charge is 0.343 e. The van der Waals surface area contributed by atoms with Crippen molar-refractivity contribution >= 4 is 28.4 Å².